The molecule has 0 amide bonds. The van der Waals surface area contributed by atoms with Gasteiger partial charge in [0.1, 0.15) is 0 Å². The lowest BCUT2D eigenvalue weighted by Gasteiger charge is -2.23. The van der Waals surface area contributed by atoms with Crippen LogP contribution < -0.4 is 5.73 Å². The van der Waals surface area contributed by atoms with Crippen molar-refractivity contribution in [1.82, 2.24) is 14.8 Å². The van der Waals surface area contributed by atoms with Gasteiger partial charge in [-0.15, -0.1) is 0 Å². The average Bonchev–Trinajstić information content (AvgIpc) is 3.08. The quantitative estimate of drug-likeness (QED) is 0.742. The molecule has 2 aromatic heterocycles. The number of benzene rings is 1. The zero-order chi connectivity index (χ0) is 19.0. The van der Waals surface area contributed by atoms with E-state index >= 15 is 0 Å². The predicted molar refractivity (Wildman–Crippen MR) is 110 cm³/mol. The first kappa shape index (κ1) is 17.9. The molecule has 4 nitrogen and oxygen atoms in total. The van der Waals surface area contributed by atoms with Crippen LogP contribution in [0, 0.1) is 0 Å². The van der Waals surface area contributed by atoms with E-state index in [4.69, 9.17) is 10.8 Å². The van der Waals surface area contributed by atoms with Crippen molar-refractivity contribution in [3.8, 4) is 16.9 Å². The molecule has 2 N–H and O–H groups in total. The lowest BCUT2D eigenvalue weighted by Crippen LogP contribution is -2.19. The molecule has 1 aromatic carbocycles. The van der Waals surface area contributed by atoms with E-state index in [-0.39, 0.29) is 5.41 Å². The van der Waals surface area contributed by atoms with Crippen molar-refractivity contribution in [2.45, 2.75) is 51.4 Å². The highest BCUT2D eigenvalue weighted by Crippen LogP contribution is 2.39. The van der Waals surface area contributed by atoms with Crippen LogP contribution in [0.15, 0.2) is 48.8 Å². The Hall–Kier alpha value is -2.46. The smallest absolute Gasteiger partial charge is 0.0981 e. The van der Waals surface area contributed by atoms with Crippen LogP contribution in [0.2, 0.25) is 0 Å². The minimum atomic E-state index is 0.146. The zero-order valence-corrected chi connectivity index (χ0v) is 16.4. The monoisotopic (exact) mass is 360 g/mol. The highest BCUT2D eigenvalue weighted by molar-refractivity contribution is 5.65. The third-order valence-electron chi connectivity index (χ3n) is 5.59. The molecule has 2 heterocycles. The van der Waals surface area contributed by atoms with Crippen LogP contribution in [0.4, 0.5) is 0 Å². The van der Waals surface area contributed by atoms with Crippen molar-refractivity contribution >= 4 is 0 Å². The Morgan fingerprint density at radius 2 is 1.93 bits per heavy atom. The van der Waals surface area contributed by atoms with Gasteiger partial charge >= 0.3 is 0 Å². The normalized spacial score (nSPS) is 17.0. The van der Waals surface area contributed by atoms with Crippen LogP contribution in [0.3, 0.4) is 0 Å². The van der Waals surface area contributed by atoms with E-state index in [9.17, 15) is 0 Å². The second-order valence-corrected chi connectivity index (χ2v) is 8.48. The third-order valence-corrected chi connectivity index (χ3v) is 5.59. The molecule has 0 saturated carbocycles. The topological polar surface area (TPSA) is 56.7 Å². The summed E-state index contributed by atoms with van der Waals surface area (Å²) in [4.78, 5) is 4.30. The number of nitrogens with zero attached hydrogens (tertiary/aromatic N) is 3. The molecule has 27 heavy (non-hydrogen) atoms. The predicted octanol–water partition coefficient (Wildman–Crippen LogP) is 4.61. The molecule has 3 aromatic rings. The van der Waals surface area contributed by atoms with Gasteiger partial charge in [0, 0.05) is 35.1 Å². The highest BCUT2D eigenvalue weighted by Gasteiger charge is 2.29. The summed E-state index contributed by atoms with van der Waals surface area (Å²) in [5, 5.41) is 5.04. The van der Waals surface area contributed by atoms with Gasteiger partial charge in [0.15, 0.2) is 0 Å². The molecular weight excluding hydrogens is 332 g/mol. The number of aromatic nitrogens is 3. The number of fused-ring (bicyclic) bond motifs is 1. The minimum Gasteiger partial charge on any atom is -0.330 e. The van der Waals surface area contributed by atoms with E-state index in [1.54, 1.807) is 6.20 Å². The third kappa shape index (κ3) is 3.30. The summed E-state index contributed by atoms with van der Waals surface area (Å²) in [6.07, 6.45) is 7.04. The first-order chi connectivity index (χ1) is 13.0. The number of rotatable bonds is 3. The number of pyridine rings is 1. The standard InChI is InChI=1S/C23H28N4/c1-23(2,3)18-9-11-19(12-10-18)27-20-8-4-6-16(14-24)21(20)22(26-27)17-7-5-13-25-15-17/h5,7,9-13,15-16H,4,6,8,14,24H2,1-3H3. The van der Waals surface area contributed by atoms with Gasteiger partial charge < -0.3 is 5.73 Å². The second kappa shape index (κ2) is 6.93. The molecule has 4 heteroatoms. The van der Waals surface area contributed by atoms with E-state index < -0.39 is 0 Å². The largest absolute Gasteiger partial charge is 0.330 e. The number of hydrogen-bond acceptors (Lipinski definition) is 3. The van der Waals surface area contributed by atoms with Gasteiger partial charge in [0.2, 0.25) is 0 Å². The Morgan fingerprint density at radius 1 is 1.15 bits per heavy atom. The maximum atomic E-state index is 6.13. The van der Waals surface area contributed by atoms with E-state index in [2.05, 4.69) is 60.8 Å². The van der Waals surface area contributed by atoms with Gasteiger partial charge in [-0.25, -0.2) is 4.68 Å². The Labute approximate surface area is 161 Å². The Kier molecular flexibility index (Phi) is 4.60. The van der Waals surface area contributed by atoms with E-state index in [1.165, 1.54) is 16.8 Å². The first-order valence-electron chi connectivity index (χ1n) is 9.82. The van der Waals surface area contributed by atoms with Gasteiger partial charge in [0.05, 0.1) is 11.4 Å². The van der Waals surface area contributed by atoms with Gasteiger partial charge in [-0.1, -0.05) is 32.9 Å². The van der Waals surface area contributed by atoms with Crippen LogP contribution >= 0.6 is 0 Å². The number of nitrogens with two attached hydrogens (primary N) is 1. The summed E-state index contributed by atoms with van der Waals surface area (Å²) in [7, 11) is 0. The van der Waals surface area contributed by atoms with Gasteiger partial charge in [0.25, 0.3) is 0 Å². The fraction of sp³-hybridized carbons (Fsp3) is 0.391. The van der Waals surface area contributed by atoms with Crippen molar-refractivity contribution in [3.63, 3.8) is 0 Å². The lowest BCUT2D eigenvalue weighted by molar-refractivity contribution is 0.550. The Balaban J connectivity index is 1.86. The van der Waals surface area contributed by atoms with E-state index in [0.717, 1.165) is 36.2 Å². The van der Waals surface area contributed by atoms with Gasteiger partial charge in [-0.05, 0) is 61.1 Å². The molecule has 1 aliphatic rings. The second-order valence-electron chi connectivity index (χ2n) is 8.48. The van der Waals surface area contributed by atoms with E-state index in [1.807, 2.05) is 12.3 Å². The Morgan fingerprint density at radius 3 is 2.56 bits per heavy atom. The summed E-state index contributed by atoms with van der Waals surface area (Å²) in [5.41, 5.74) is 13.5. The van der Waals surface area contributed by atoms with E-state index in [0.29, 0.717) is 12.5 Å². The fourth-order valence-corrected chi connectivity index (χ4v) is 4.06. The van der Waals surface area contributed by atoms with Crippen LogP contribution in [-0.2, 0) is 11.8 Å². The molecule has 0 radical (unpaired) electrons. The molecule has 0 spiro atoms. The van der Waals surface area contributed by atoms with Crippen LogP contribution in [0.1, 0.15) is 56.4 Å². The molecule has 0 aliphatic heterocycles. The molecule has 0 fully saturated rings. The molecule has 140 valence electrons. The van der Waals surface area contributed by atoms with Crippen molar-refractivity contribution in [1.29, 1.82) is 0 Å². The Bertz CT molecular complexity index is 918. The molecule has 0 bridgehead atoms. The molecule has 1 atom stereocenters. The zero-order valence-electron chi connectivity index (χ0n) is 16.4. The van der Waals surface area contributed by atoms with Crippen LogP contribution in [0.5, 0.6) is 0 Å². The molecule has 0 saturated heterocycles. The minimum absolute atomic E-state index is 0.146. The maximum absolute atomic E-state index is 6.13. The fourth-order valence-electron chi connectivity index (χ4n) is 4.06. The molecular formula is C23H28N4. The van der Waals surface area contributed by atoms with Crippen molar-refractivity contribution in [3.05, 3.63) is 65.6 Å². The summed E-state index contributed by atoms with van der Waals surface area (Å²) in [5.74, 6) is 0.367. The number of hydrogen-bond donors (Lipinski definition) is 1. The van der Waals surface area contributed by atoms with Gasteiger partial charge in [-0.3, -0.25) is 4.98 Å². The molecule has 1 aliphatic carbocycles. The molecule has 4 rings (SSSR count). The van der Waals surface area contributed by atoms with Crippen molar-refractivity contribution in [2.75, 3.05) is 6.54 Å². The van der Waals surface area contributed by atoms with Gasteiger partial charge in [-0.2, -0.15) is 5.10 Å². The highest BCUT2D eigenvalue weighted by atomic mass is 15.3. The average molecular weight is 361 g/mol. The summed E-state index contributed by atoms with van der Waals surface area (Å²) in [6, 6.07) is 12.9. The lowest BCUT2D eigenvalue weighted by atomic mass is 9.84. The summed E-state index contributed by atoms with van der Waals surface area (Å²) in [6.45, 7) is 7.38. The SMILES string of the molecule is CC(C)(C)c1ccc(-n2nc(-c3cccnc3)c3c2CCCC3CN)cc1. The molecule has 1 unspecified atom stereocenters. The maximum Gasteiger partial charge on any atom is 0.0981 e. The summed E-state index contributed by atoms with van der Waals surface area (Å²) >= 11 is 0. The van der Waals surface area contributed by atoms with Crippen molar-refractivity contribution < 1.29 is 0 Å². The summed E-state index contributed by atoms with van der Waals surface area (Å²) < 4.78 is 2.13. The van der Waals surface area contributed by atoms with Crippen LogP contribution in [0.25, 0.3) is 16.9 Å². The first-order valence-corrected chi connectivity index (χ1v) is 9.82. The van der Waals surface area contributed by atoms with Crippen LogP contribution in [-0.4, -0.2) is 21.3 Å². The van der Waals surface area contributed by atoms with Crippen molar-refractivity contribution in [2.24, 2.45) is 5.73 Å².